The van der Waals surface area contributed by atoms with Crippen molar-refractivity contribution in [2.75, 3.05) is 6.61 Å². The van der Waals surface area contributed by atoms with Crippen molar-refractivity contribution in [1.29, 1.82) is 0 Å². The fourth-order valence-electron chi connectivity index (χ4n) is 3.06. The van der Waals surface area contributed by atoms with Gasteiger partial charge < -0.3 is 9.84 Å². The third kappa shape index (κ3) is 3.35. The van der Waals surface area contributed by atoms with Gasteiger partial charge >= 0.3 is 5.97 Å². The summed E-state index contributed by atoms with van der Waals surface area (Å²) in [7, 11) is 0. The molecule has 1 saturated carbocycles. The normalized spacial score (nSPS) is 26.9. The molecule has 0 bridgehead atoms. The topological polar surface area (TPSA) is 46.5 Å². The summed E-state index contributed by atoms with van der Waals surface area (Å²) >= 11 is 0. The van der Waals surface area contributed by atoms with Gasteiger partial charge in [0.2, 0.25) is 0 Å². The van der Waals surface area contributed by atoms with E-state index in [2.05, 4.69) is 0 Å². The Morgan fingerprint density at radius 2 is 2.11 bits per heavy atom. The zero-order chi connectivity index (χ0) is 13.7. The molecular weight excluding hydrogens is 240 g/mol. The van der Waals surface area contributed by atoms with Crippen LogP contribution >= 0.6 is 0 Å². The van der Waals surface area contributed by atoms with Crippen LogP contribution in [0.25, 0.3) is 0 Å². The minimum Gasteiger partial charge on any atom is -0.466 e. The van der Waals surface area contributed by atoms with E-state index in [9.17, 15) is 9.90 Å². The number of hydrogen-bond acceptors (Lipinski definition) is 3. The summed E-state index contributed by atoms with van der Waals surface area (Å²) in [5.74, 6) is -0.264. The average molecular weight is 262 g/mol. The third-order valence-corrected chi connectivity index (χ3v) is 3.96. The average Bonchev–Trinajstić information content (AvgIpc) is 2.40. The summed E-state index contributed by atoms with van der Waals surface area (Å²) in [5, 5.41) is 10.9. The zero-order valence-corrected chi connectivity index (χ0v) is 11.5. The highest BCUT2D eigenvalue weighted by Crippen LogP contribution is 2.43. The molecule has 1 aromatic rings. The second-order valence-electron chi connectivity index (χ2n) is 5.29. The van der Waals surface area contributed by atoms with Crippen LogP contribution < -0.4 is 0 Å². The lowest BCUT2D eigenvalue weighted by molar-refractivity contribution is -0.151. The van der Waals surface area contributed by atoms with E-state index in [1.54, 1.807) is 6.92 Å². The smallest absolute Gasteiger partial charge is 0.308 e. The lowest BCUT2D eigenvalue weighted by Gasteiger charge is -2.39. The lowest BCUT2D eigenvalue weighted by atomic mass is 9.70. The Kier molecular flexibility index (Phi) is 4.59. The van der Waals surface area contributed by atoms with Crippen LogP contribution in [0.2, 0.25) is 0 Å². The molecule has 2 atom stereocenters. The number of carbonyl (C=O) groups is 1. The summed E-state index contributed by atoms with van der Waals surface area (Å²) in [4.78, 5) is 11.7. The SMILES string of the molecule is CCOC(=O)CC1(O)CCCCC1c1ccccc1. The van der Waals surface area contributed by atoms with Gasteiger partial charge in [-0.05, 0) is 25.3 Å². The molecule has 2 rings (SSSR count). The van der Waals surface area contributed by atoms with E-state index in [0.29, 0.717) is 13.0 Å². The molecule has 0 aromatic heterocycles. The standard InChI is InChI=1S/C16H22O3/c1-2-19-15(17)12-16(18)11-7-6-10-14(16)13-8-4-3-5-9-13/h3-5,8-9,14,18H,2,6-7,10-12H2,1H3. The second kappa shape index (κ2) is 6.20. The number of hydrogen-bond donors (Lipinski definition) is 1. The van der Waals surface area contributed by atoms with Crippen LogP contribution in [0, 0.1) is 0 Å². The maximum absolute atomic E-state index is 11.7. The Morgan fingerprint density at radius 1 is 1.37 bits per heavy atom. The second-order valence-corrected chi connectivity index (χ2v) is 5.29. The predicted octanol–water partition coefficient (Wildman–Crippen LogP) is 3.03. The summed E-state index contributed by atoms with van der Waals surface area (Å²) in [6.07, 6.45) is 3.77. The van der Waals surface area contributed by atoms with Crippen LogP contribution in [-0.4, -0.2) is 23.3 Å². The number of ether oxygens (including phenoxy) is 1. The monoisotopic (exact) mass is 262 g/mol. The fourth-order valence-corrected chi connectivity index (χ4v) is 3.06. The highest BCUT2D eigenvalue weighted by molar-refractivity contribution is 5.71. The van der Waals surface area contributed by atoms with Crippen LogP contribution in [0.4, 0.5) is 0 Å². The molecule has 3 heteroatoms. The number of esters is 1. The van der Waals surface area contributed by atoms with Gasteiger partial charge in [0.05, 0.1) is 18.6 Å². The first kappa shape index (κ1) is 14.1. The van der Waals surface area contributed by atoms with Crippen molar-refractivity contribution in [1.82, 2.24) is 0 Å². The molecule has 2 unspecified atom stereocenters. The Morgan fingerprint density at radius 3 is 2.79 bits per heavy atom. The highest BCUT2D eigenvalue weighted by Gasteiger charge is 2.41. The van der Waals surface area contributed by atoms with Crippen LogP contribution in [0.15, 0.2) is 30.3 Å². The van der Waals surface area contributed by atoms with E-state index in [-0.39, 0.29) is 18.3 Å². The molecule has 1 aliphatic rings. The van der Waals surface area contributed by atoms with Gasteiger partial charge in [0.1, 0.15) is 0 Å². The van der Waals surface area contributed by atoms with Gasteiger partial charge in [0.15, 0.2) is 0 Å². The van der Waals surface area contributed by atoms with Gasteiger partial charge in [-0.3, -0.25) is 4.79 Å². The van der Waals surface area contributed by atoms with Crippen molar-refractivity contribution < 1.29 is 14.6 Å². The number of aliphatic hydroxyl groups is 1. The number of benzene rings is 1. The van der Waals surface area contributed by atoms with Crippen molar-refractivity contribution in [2.45, 2.75) is 50.5 Å². The van der Waals surface area contributed by atoms with Crippen LogP contribution in [0.3, 0.4) is 0 Å². The minimum atomic E-state index is -0.953. The lowest BCUT2D eigenvalue weighted by Crippen LogP contribution is -2.41. The fraction of sp³-hybridized carbons (Fsp3) is 0.562. The van der Waals surface area contributed by atoms with Gasteiger partial charge in [0.25, 0.3) is 0 Å². The Bertz CT molecular complexity index is 415. The molecule has 104 valence electrons. The van der Waals surface area contributed by atoms with E-state index in [0.717, 1.165) is 24.8 Å². The maximum atomic E-state index is 11.7. The van der Waals surface area contributed by atoms with E-state index < -0.39 is 5.60 Å². The summed E-state index contributed by atoms with van der Waals surface area (Å²) in [5.41, 5.74) is 0.167. The summed E-state index contributed by atoms with van der Waals surface area (Å²) in [6.45, 7) is 2.16. The first-order valence-electron chi connectivity index (χ1n) is 7.08. The molecule has 1 fully saturated rings. The quantitative estimate of drug-likeness (QED) is 0.848. The highest BCUT2D eigenvalue weighted by atomic mass is 16.5. The van der Waals surface area contributed by atoms with Gasteiger partial charge in [-0.2, -0.15) is 0 Å². The molecule has 0 aliphatic heterocycles. The first-order valence-corrected chi connectivity index (χ1v) is 7.08. The molecule has 3 nitrogen and oxygen atoms in total. The van der Waals surface area contributed by atoms with Crippen molar-refractivity contribution in [3.63, 3.8) is 0 Å². The number of rotatable bonds is 4. The molecule has 0 saturated heterocycles. The predicted molar refractivity (Wildman–Crippen MR) is 73.9 cm³/mol. The van der Waals surface area contributed by atoms with Gasteiger partial charge in [0, 0.05) is 5.92 Å². The molecule has 19 heavy (non-hydrogen) atoms. The Labute approximate surface area is 114 Å². The Balaban J connectivity index is 2.17. The van der Waals surface area contributed by atoms with Crippen molar-refractivity contribution in [2.24, 2.45) is 0 Å². The summed E-state index contributed by atoms with van der Waals surface area (Å²) < 4.78 is 5.00. The molecule has 0 amide bonds. The van der Waals surface area contributed by atoms with E-state index in [1.165, 1.54) is 0 Å². The van der Waals surface area contributed by atoms with Crippen LogP contribution in [0.5, 0.6) is 0 Å². The molecule has 1 aromatic carbocycles. The minimum absolute atomic E-state index is 0.0341. The molecule has 0 spiro atoms. The Hall–Kier alpha value is -1.35. The van der Waals surface area contributed by atoms with Gasteiger partial charge in [-0.15, -0.1) is 0 Å². The molecule has 0 radical (unpaired) electrons. The van der Waals surface area contributed by atoms with Gasteiger partial charge in [-0.25, -0.2) is 0 Å². The van der Waals surface area contributed by atoms with Crippen LogP contribution in [0.1, 0.15) is 50.5 Å². The van der Waals surface area contributed by atoms with Crippen LogP contribution in [-0.2, 0) is 9.53 Å². The number of carbonyl (C=O) groups excluding carboxylic acids is 1. The van der Waals surface area contributed by atoms with E-state index in [4.69, 9.17) is 4.74 Å². The van der Waals surface area contributed by atoms with E-state index >= 15 is 0 Å². The first-order chi connectivity index (χ1) is 9.15. The molecular formula is C16H22O3. The van der Waals surface area contributed by atoms with Crippen molar-refractivity contribution in [3.05, 3.63) is 35.9 Å². The van der Waals surface area contributed by atoms with Crippen molar-refractivity contribution in [3.8, 4) is 0 Å². The van der Waals surface area contributed by atoms with Crippen molar-refractivity contribution >= 4 is 5.97 Å². The van der Waals surface area contributed by atoms with E-state index in [1.807, 2.05) is 30.3 Å². The maximum Gasteiger partial charge on any atom is 0.308 e. The van der Waals surface area contributed by atoms with Gasteiger partial charge in [-0.1, -0.05) is 43.2 Å². The molecule has 0 heterocycles. The molecule has 1 aliphatic carbocycles. The molecule has 1 N–H and O–H groups in total. The zero-order valence-electron chi connectivity index (χ0n) is 11.5. The third-order valence-electron chi connectivity index (χ3n) is 3.96. The largest absolute Gasteiger partial charge is 0.466 e. The summed E-state index contributed by atoms with van der Waals surface area (Å²) in [6, 6.07) is 10.00.